The number of H-pyrrole nitrogens is 1. The summed E-state index contributed by atoms with van der Waals surface area (Å²) < 4.78 is 16.5. The van der Waals surface area contributed by atoms with Crippen LogP contribution < -0.4 is 32.3 Å². The van der Waals surface area contributed by atoms with E-state index in [4.69, 9.17) is 30.3 Å². The van der Waals surface area contributed by atoms with Crippen molar-refractivity contribution in [3.63, 3.8) is 0 Å². The van der Waals surface area contributed by atoms with E-state index in [1.165, 1.54) is 14.2 Å². The number of fused-ring (bicyclic) bond motifs is 6. The number of carbonyl (C=O) groups excluding carboxylic acids is 2. The minimum Gasteiger partial charge on any atom is -0.454 e. The zero-order valence-electron chi connectivity index (χ0n) is 33.9. The highest BCUT2D eigenvalue weighted by Crippen LogP contribution is 2.45. The summed E-state index contributed by atoms with van der Waals surface area (Å²) in [6.07, 6.45) is 4.14. The Labute approximate surface area is 329 Å². The number of nitrogens with zero attached hydrogens (tertiary/aromatic N) is 2. The van der Waals surface area contributed by atoms with Crippen LogP contribution in [0.4, 0.5) is 21.0 Å². The number of furan rings is 1. The minimum absolute atomic E-state index is 0.00551. The Hall–Kier alpha value is -5.01. The third kappa shape index (κ3) is 8.68. The highest BCUT2D eigenvalue weighted by atomic mass is 16.5. The summed E-state index contributed by atoms with van der Waals surface area (Å²) in [7, 11) is 4.90. The van der Waals surface area contributed by atoms with Crippen molar-refractivity contribution >= 4 is 56.3 Å². The molecule has 0 saturated heterocycles. The summed E-state index contributed by atoms with van der Waals surface area (Å²) in [5, 5.41) is 13.1. The summed E-state index contributed by atoms with van der Waals surface area (Å²) in [5.74, 6) is 2.42. The average Bonchev–Trinajstić information content (AvgIpc) is 3.92. The Kier molecular flexibility index (Phi) is 13.0. The van der Waals surface area contributed by atoms with Crippen LogP contribution in [0.1, 0.15) is 78.0 Å². The molecule has 8 N–H and O–H groups in total. The third-order valence-corrected chi connectivity index (χ3v) is 11.6. The molecule has 0 saturated carbocycles. The number of rotatable bonds is 17. The number of ether oxygens (including phenoxy) is 2. The van der Waals surface area contributed by atoms with Gasteiger partial charge in [-0.1, -0.05) is 45.9 Å². The second-order valence-electron chi connectivity index (χ2n) is 16.0. The van der Waals surface area contributed by atoms with Gasteiger partial charge in [-0.05, 0) is 105 Å². The number of imidazole rings is 1. The molecule has 3 heterocycles. The number of hydrogen-bond donors (Lipinski definition) is 6. The molecular formula is C43H60N8O5. The number of hydrogen-bond acceptors (Lipinski definition) is 10. The first-order valence-corrected chi connectivity index (χ1v) is 20.0. The largest absolute Gasteiger partial charge is 0.454 e. The van der Waals surface area contributed by atoms with Crippen molar-refractivity contribution in [1.82, 2.24) is 20.6 Å². The third-order valence-electron chi connectivity index (χ3n) is 11.6. The number of nitrogens with two attached hydrogens (primary N) is 2. The topological polar surface area (TPSA) is 186 Å². The van der Waals surface area contributed by atoms with E-state index in [1.54, 1.807) is 0 Å². The number of aromatic amines is 1. The van der Waals surface area contributed by atoms with Gasteiger partial charge in [-0.3, -0.25) is 0 Å². The van der Waals surface area contributed by atoms with E-state index in [0.29, 0.717) is 13.1 Å². The van der Waals surface area contributed by atoms with Crippen LogP contribution in [0.2, 0.25) is 0 Å². The molecule has 0 radical (unpaired) electrons. The van der Waals surface area contributed by atoms with E-state index in [9.17, 15) is 9.59 Å². The molecule has 0 aliphatic carbocycles. The molecule has 0 fully saturated rings. The lowest BCUT2D eigenvalue weighted by molar-refractivity contribution is 0.158. The number of methoxy groups -OCH3 is 2. The van der Waals surface area contributed by atoms with Gasteiger partial charge in [-0.25, -0.2) is 14.6 Å². The van der Waals surface area contributed by atoms with Crippen LogP contribution in [-0.4, -0.2) is 74.8 Å². The lowest BCUT2D eigenvalue weighted by Crippen LogP contribution is -2.46. The molecule has 1 aliphatic rings. The van der Waals surface area contributed by atoms with Gasteiger partial charge in [0.15, 0.2) is 5.58 Å². The van der Waals surface area contributed by atoms with Gasteiger partial charge in [0.05, 0.1) is 30.9 Å². The molecule has 1 aliphatic heterocycles. The predicted molar refractivity (Wildman–Crippen MR) is 225 cm³/mol. The van der Waals surface area contributed by atoms with E-state index >= 15 is 0 Å². The van der Waals surface area contributed by atoms with E-state index < -0.39 is 12.2 Å². The SMILES string of the molecule is COC(=O)N[C@H](CC(CCCN)c1nc2ccc3cc(-c4cc5ccc6c(c5o4)NC(C(CCCN)C[C@@H](NC(=O)OC)C(C)C)N6C)ccc3c2[nH]1)C(C)C. The molecule has 2 aromatic heterocycles. The van der Waals surface area contributed by atoms with E-state index in [-0.39, 0.29) is 41.9 Å². The molecule has 13 heteroatoms. The summed E-state index contributed by atoms with van der Waals surface area (Å²) in [5.41, 5.74) is 17.7. The van der Waals surface area contributed by atoms with Crippen LogP contribution >= 0.6 is 0 Å². The fourth-order valence-electron chi connectivity index (χ4n) is 8.24. The quantitative estimate of drug-likeness (QED) is 0.0541. The van der Waals surface area contributed by atoms with Crippen LogP contribution in [-0.2, 0) is 9.47 Å². The van der Waals surface area contributed by atoms with Gasteiger partial charge in [0.2, 0.25) is 0 Å². The minimum atomic E-state index is -0.428. The molecule has 3 aromatic carbocycles. The summed E-state index contributed by atoms with van der Waals surface area (Å²) in [6, 6.07) is 16.8. The summed E-state index contributed by atoms with van der Waals surface area (Å²) in [6.45, 7) is 9.63. The molecule has 5 atom stereocenters. The van der Waals surface area contributed by atoms with Gasteiger partial charge in [0, 0.05) is 41.4 Å². The van der Waals surface area contributed by atoms with Crippen LogP contribution in [0.3, 0.4) is 0 Å². The first kappa shape index (κ1) is 40.6. The van der Waals surface area contributed by atoms with Crippen molar-refractivity contribution in [2.24, 2.45) is 29.2 Å². The van der Waals surface area contributed by atoms with Gasteiger partial charge in [-0.15, -0.1) is 0 Å². The van der Waals surface area contributed by atoms with Crippen molar-refractivity contribution in [1.29, 1.82) is 0 Å². The van der Waals surface area contributed by atoms with E-state index in [0.717, 1.165) is 99.8 Å². The van der Waals surface area contributed by atoms with Crippen molar-refractivity contribution in [2.45, 2.75) is 90.4 Å². The lowest BCUT2D eigenvalue weighted by atomic mass is 9.87. The van der Waals surface area contributed by atoms with Crippen molar-refractivity contribution in [3.8, 4) is 11.3 Å². The second-order valence-corrected chi connectivity index (χ2v) is 16.0. The lowest BCUT2D eigenvalue weighted by Gasteiger charge is -2.34. The number of benzene rings is 3. The smallest absolute Gasteiger partial charge is 0.407 e. The zero-order valence-corrected chi connectivity index (χ0v) is 33.9. The highest BCUT2D eigenvalue weighted by molar-refractivity contribution is 6.06. The maximum atomic E-state index is 12.2. The number of amides is 2. The maximum Gasteiger partial charge on any atom is 0.407 e. The molecule has 5 aromatic rings. The van der Waals surface area contributed by atoms with Crippen LogP contribution in [0.25, 0.3) is 44.1 Å². The molecule has 302 valence electrons. The molecule has 2 amide bonds. The molecule has 6 rings (SSSR count). The molecule has 56 heavy (non-hydrogen) atoms. The van der Waals surface area contributed by atoms with Crippen LogP contribution in [0, 0.1) is 17.8 Å². The molecular weight excluding hydrogens is 709 g/mol. The van der Waals surface area contributed by atoms with Crippen LogP contribution in [0.5, 0.6) is 0 Å². The fourth-order valence-corrected chi connectivity index (χ4v) is 8.24. The number of aromatic nitrogens is 2. The molecule has 0 spiro atoms. The molecule has 13 nitrogen and oxygen atoms in total. The first-order valence-electron chi connectivity index (χ1n) is 20.0. The molecule has 3 unspecified atom stereocenters. The molecule has 0 bridgehead atoms. The zero-order chi connectivity index (χ0) is 40.1. The van der Waals surface area contributed by atoms with E-state index in [1.807, 2.05) is 0 Å². The van der Waals surface area contributed by atoms with Gasteiger partial charge in [-0.2, -0.15) is 0 Å². The summed E-state index contributed by atoms with van der Waals surface area (Å²) in [4.78, 5) is 35.3. The Balaban J connectivity index is 1.28. The number of carbonyl (C=O) groups is 2. The Morgan fingerprint density at radius 3 is 2.20 bits per heavy atom. The Morgan fingerprint density at radius 1 is 0.875 bits per heavy atom. The first-order chi connectivity index (χ1) is 27.0. The predicted octanol–water partition coefficient (Wildman–Crippen LogP) is 8.04. The summed E-state index contributed by atoms with van der Waals surface area (Å²) >= 11 is 0. The van der Waals surface area contributed by atoms with Crippen molar-refractivity contribution in [2.75, 3.05) is 44.6 Å². The standard InChI is InChI=1S/C43H60N8O5/c1-24(2)33(47-42(52)54-6)21-29(10-8-18-44)40-46-32-16-13-26-20-27(12-15-31(26)37(32)49-40)36-23-28-14-17-35-38(39(28)56-36)50-41(51(35)5)30(11-9-19-45)22-34(25(3)4)48-43(53)55-7/h12-17,20,23-25,29-30,33-34,41,50H,8-11,18-19,21-22,44-45H2,1-7H3,(H,46,49)(H,47,52)(H,48,53)/t29?,30?,33-,34-,41?/m1/s1. The normalized spacial score (nSPS) is 16.3. The van der Waals surface area contributed by atoms with Crippen molar-refractivity contribution < 1.29 is 23.5 Å². The van der Waals surface area contributed by atoms with Gasteiger partial charge < -0.3 is 51.2 Å². The highest BCUT2D eigenvalue weighted by Gasteiger charge is 2.36. The second kappa shape index (κ2) is 17.8. The maximum absolute atomic E-state index is 12.2. The van der Waals surface area contributed by atoms with E-state index in [2.05, 4.69) is 109 Å². The van der Waals surface area contributed by atoms with Gasteiger partial charge >= 0.3 is 12.2 Å². The monoisotopic (exact) mass is 768 g/mol. The van der Waals surface area contributed by atoms with Gasteiger partial charge in [0.1, 0.15) is 23.4 Å². The fraction of sp³-hybridized carbons (Fsp3) is 0.512. The van der Waals surface area contributed by atoms with Crippen LogP contribution in [0.15, 0.2) is 52.9 Å². The number of alkyl carbamates (subject to hydrolysis) is 2. The Bertz CT molecular complexity index is 2130. The number of anilines is 2. The number of nitrogens with one attached hydrogen (secondary N) is 4. The Morgan fingerprint density at radius 2 is 1.54 bits per heavy atom. The van der Waals surface area contributed by atoms with Gasteiger partial charge in [0.25, 0.3) is 0 Å². The average molecular weight is 769 g/mol. The van der Waals surface area contributed by atoms with Crippen molar-refractivity contribution in [3.05, 3.63) is 54.4 Å².